The van der Waals surface area contributed by atoms with Crippen LogP contribution in [0.4, 0.5) is 28.4 Å². The zero-order valence-electron chi connectivity index (χ0n) is 22.7. The number of anilines is 2. The first-order valence-corrected chi connectivity index (χ1v) is 16.7. The van der Waals surface area contributed by atoms with Crippen LogP contribution < -0.4 is 15.7 Å². The van der Waals surface area contributed by atoms with Crippen molar-refractivity contribution in [3.63, 3.8) is 0 Å². The van der Waals surface area contributed by atoms with E-state index in [9.17, 15) is 44.5 Å². The third-order valence-electron chi connectivity index (χ3n) is 6.17. The molecule has 0 fully saturated rings. The van der Waals surface area contributed by atoms with E-state index in [-0.39, 0.29) is 44.7 Å². The predicted molar refractivity (Wildman–Crippen MR) is 161 cm³/mol. The Balaban J connectivity index is 1.59. The fourth-order valence-electron chi connectivity index (χ4n) is 4.10. The maximum Gasteiger partial charge on any atom is 0.296 e. The number of rotatable bonds is 9. The Morgan fingerprint density at radius 1 is 0.717 bits per heavy atom. The number of azo groups is 1. The van der Waals surface area contributed by atoms with Crippen molar-refractivity contribution in [1.82, 2.24) is 5.43 Å². The van der Waals surface area contributed by atoms with Crippen LogP contribution in [0.25, 0.3) is 0 Å². The summed E-state index contributed by atoms with van der Waals surface area (Å²) < 4.78 is 101. The lowest BCUT2D eigenvalue weighted by molar-refractivity contribution is -0.384. The van der Waals surface area contributed by atoms with Crippen molar-refractivity contribution in [1.29, 1.82) is 0 Å². The van der Waals surface area contributed by atoms with E-state index >= 15 is 0 Å². The SMILES string of the molecule is O=[N+]([O-])c1ccc(N2N=C(c3ccccc3S(=O)(=O)O)NN2c2ccc(N=Nc3ccc(S(=O)(=O)O)cc3)cc2S(=O)(=O)O)cc1. The Hall–Kier alpha value is -5.32. The zero-order chi connectivity index (χ0) is 33.4. The van der Waals surface area contributed by atoms with Crippen molar-refractivity contribution in [3.05, 3.63) is 107 Å². The fourth-order valence-corrected chi connectivity index (χ4v) is 5.96. The Morgan fingerprint density at radius 2 is 1.30 bits per heavy atom. The van der Waals surface area contributed by atoms with E-state index in [1.54, 1.807) is 0 Å². The zero-order valence-corrected chi connectivity index (χ0v) is 25.1. The number of nitro groups is 1. The Bertz CT molecular complexity index is 2240. The van der Waals surface area contributed by atoms with E-state index in [0.29, 0.717) is 0 Å². The van der Waals surface area contributed by atoms with Crippen LogP contribution in [-0.4, -0.2) is 49.7 Å². The topological polar surface area (TPSA) is 262 Å². The number of hydrazine groups is 2. The van der Waals surface area contributed by atoms with Crippen molar-refractivity contribution >= 4 is 64.6 Å². The number of hydrogen-bond acceptors (Lipinski definition) is 14. The molecule has 1 aliphatic heterocycles. The van der Waals surface area contributed by atoms with Gasteiger partial charge in [-0.05, 0) is 66.7 Å². The lowest BCUT2D eigenvalue weighted by atomic mass is 10.2. The summed E-state index contributed by atoms with van der Waals surface area (Å²) in [4.78, 5) is 8.88. The molecule has 0 aromatic heterocycles. The van der Waals surface area contributed by atoms with Gasteiger partial charge in [0.05, 0.1) is 26.9 Å². The molecule has 4 aromatic rings. The molecule has 0 bridgehead atoms. The molecular formula is C25H19N7O11S3. The summed E-state index contributed by atoms with van der Waals surface area (Å²) in [6.45, 7) is 0. The molecule has 0 aliphatic carbocycles. The molecule has 1 aliphatic rings. The van der Waals surface area contributed by atoms with Gasteiger partial charge >= 0.3 is 0 Å². The standard InChI is InChI=1S/C25H19N7O11S3/c33-32(34)19-10-8-18(9-11-19)30-28-25(21-3-1-2-4-23(21)45(38,39)40)29-31(30)22-14-7-17(15-24(22)46(41,42)43)27-26-16-5-12-20(13-6-16)44(35,36)37/h1-15H,(H,28,29)(H,35,36,37)(H,38,39,40)(H,41,42,43). The van der Waals surface area contributed by atoms with Crippen LogP contribution in [0, 0.1) is 10.1 Å². The van der Waals surface area contributed by atoms with Crippen LogP contribution >= 0.6 is 0 Å². The van der Waals surface area contributed by atoms with Crippen LogP contribution in [0.1, 0.15) is 5.56 Å². The average molecular weight is 690 g/mol. The van der Waals surface area contributed by atoms with Crippen molar-refractivity contribution in [2.45, 2.75) is 14.7 Å². The molecule has 0 spiro atoms. The number of nitrogens with one attached hydrogen (secondary N) is 1. The lowest BCUT2D eigenvalue weighted by Crippen LogP contribution is -2.45. The Morgan fingerprint density at radius 3 is 1.89 bits per heavy atom. The normalized spacial score (nSPS) is 13.9. The molecular weight excluding hydrogens is 671 g/mol. The summed E-state index contributed by atoms with van der Waals surface area (Å²) in [6.07, 6.45) is 0. The molecule has 46 heavy (non-hydrogen) atoms. The van der Waals surface area contributed by atoms with Crippen molar-refractivity contribution in [2.75, 3.05) is 10.2 Å². The van der Waals surface area contributed by atoms with Crippen LogP contribution in [0.5, 0.6) is 0 Å². The van der Waals surface area contributed by atoms with Gasteiger partial charge in [-0.2, -0.15) is 45.7 Å². The molecule has 18 nitrogen and oxygen atoms in total. The smallest absolute Gasteiger partial charge is 0.282 e. The monoisotopic (exact) mass is 689 g/mol. The van der Waals surface area contributed by atoms with E-state index in [1.165, 1.54) is 54.6 Å². The lowest BCUT2D eigenvalue weighted by Gasteiger charge is -2.29. The van der Waals surface area contributed by atoms with Crippen molar-refractivity contribution in [2.24, 2.45) is 15.3 Å². The van der Waals surface area contributed by atoms with Crippen LogP contribution in [0.2, 0.25) is 0 Å². The van der Waals surface area contributed by atoms with Gasteiger partial charge in [0.2, 0.25) is 0 Å². The van der Waals surface area contributed by atoms with Gasteiger partial charge in [0.15, 0.2) is 5.84 Å². The van der Waals surface area contributed by atoms with Crippen LogP contribution in [0.15, 0.2) is 121 Å². The van der Waals surface area contributed by atoms with Gasteiger partial charge < -0.3 is 0 Å². The maximum atomic E-state index is 12.6. The van der Waals surface area contributed by atoms with Gasteiger partial charge in [-0.3, -0.25) is 29.2 Å². The minimum atomic E-state index is -5.02. The van der Waals surface area contributed by atoms with Crippen LogP contribution in [0.3, 0.4) is 0 Å². The molecule has 238 valence electrons. The maximum absolute atomic E-state index is 12.6. The van der Waals surface area contributed by atoms with E-state index in [4.69, 9.17) is 4.55 Å². The quantitative estimate of drug-likeness (QED) is 0.0842. The highest BCUT2D eigenvalue weighted by Gasteiger charge is 2.33. The second-order valence-corrected chi connectivity index (χ2v) is 13.4. The highest BCUT2D eigenvalue weighted by molar-refractivity contribution is 7.86. The average Bonchev–Trinajstić information content (AvgIpc) is 3.44. The van der Waals surface area contributed by atoms with Gasteiger partial charge in [0, 0.05) is 17.7 Å². The molecule has 0 saturated heterocycles. The highest BCUT2D eigenvalue weighted by atomic mass is 32.2. The van der Waals surface area contributed by atoms with Gasteiger partial charge in [-0.1, -0.05) is 12.1 Å². The summed E-state index contributed by atoms with van der Waals surface area (Å²) in [6, 6.07) is 18.1. The van der Waals surface area contributed by atoms with Crippen molar-refractivity contribution < 1.29 is 43.8 Å². The molecule has 4 N–H and O–H groups in total. The van der Waals surface area contributed by atoms with Gasteiger partial charge in [-0.15, -0.1) is 5.10 Å². The summed E-state index contributed by atoms with van der Waals surface area (Å²) >= 11 is 0. The molecule has 5 rings (SSSR count). The first kappa shape index (κ1) is 32.1. The molecule has 1 heterocycles. The summed E-state index contributed by atoms with van der Waals surface area (Å²) in [5, 5.41) is 25.3. The number of nitrogens with zero attached hydrogens (tertiary/aromatic N) is 6. The van der Waals surface area contributed by atoms with E-state index in [2.05, 4.69) is 20.8 Å². The fraction of sp³-hybridized carbons (Fsp3) is 0. The molecule has 21 heteroatoms. The van der Waals surface area contributed by atoms with E-state index in [1.807, 2.05) is 0 Å². The van der Waals surface area contributed by atoms with Crippen molar-refractivity contribution in [3.8, 4) is 0 Å². The number of amidine groups is 1. The van der Waals surface area contributed by atoms with E-state index in [0.717, 1.165) is 46.6 Å². The van der Waals surface area contributed by atoms with Gasteiger partial charge in [0.1, 0.15) is 15.5 Å². The summed E-state index contributed by atoms with van der Waals surface area (Å²) in [5.74, 6) is -0.204. The second-order valence-electron chi connectivity index (χ2n) is 9.20. The van der Waals surface area contributed by atoms with Crippen LogP contribution in [-0.2, 0) is 30.4 Å². The minimum Gasteiger partial charge on any atom is -0.282 e. The number of hydrazone groups is 1. The summed E-state index contributed by atoms with van der Waals surface area (Å²) in [5.41, 5.74) is 2.22. The first-order chi connectivity index (χ1) is 21.5. The Kier molecular flexibility index (Phi) is 8.29. The molecule has 0 amide bonds. The van der Waals surface area contributed by atoms with Gasteiger partial charge in [-0.25, -0.2) is 0 Å². The third kappa shape index (κ3) is 6.83. The van der Waals surface area contributed by atoms with E-state index < -0.39 is 45.1 Å². The second kappa shape index (κ2) is 11.9. The molecule has 0 atom stereocenters. The number of nitro benzene ring substituents is 1. The molecule has 4 aromatic carbocycles. The summed E-state index contributed by atoms with van der Waals surface area (Å²) in [7, 11) is -14.2. The number of non-ortho nitro benzene ring substituents is 1. The highest BCUT2D eigenvalue weighted by Crippen LogP contribution is 2.35. The molecule has 0 unspecified atom stereocenters. The molecule has 0 saturated carbocycles. The minimum absolute atomic E-state index is 0.0887. The molecule has 0 radical (unpaired) electrons. The number of benzene rings is 4. The first-order valence-electron chi connectivity index (χ1n) is 12.4. The largest absolute Gasteiger partial charge is 0.296 e. The Labute approximate surface area is 260 Å². The predicted octanol–water partition coefficient (Wildman–Crippen LogP) is 3.86. The number of hydrogen-bond donors (Lipinski definition) is 4. The third-order valence-corrected chi connectivity index (χ3v) is 8.84. The van der Waals surface area contributed by atoms with Gasteiger partial charge in [0.25, 0.3) is 36.0 Å².